The van der Waals surface area contributed by atoms with E-state index in [9.17, 15) is 0 Å². The van der Waals surface area contributed by atoms with Gasteiger partial charge >= 0.3 is 0 Å². The molecule has 0 aliphatic rings. The standard InChI is InChI=1S/C12H18BrNO.ClH/c1-4-9(2)14-8-10-7-11(13)5-6-12(10)15-3;/h5-7,9,14H,4,8H2,1-3H3;1H. The Morgan fingerprint density at radius 1 is 1.44 bits per heavy atom. The molecule has 1 aromatic rings. The lowest BCUT2D eigenvalue weighted by atomic mass is 10.2. The van der Waals surface area contributed by atoms with E-state index in [0.717, 1.165) is 23.2 Å². The minimum absolute atomic E-state index is 0. The zero-order valence-corrected chi connectivity index (χ0v) is 12.3. The second-order valence-corrected chi connectivity index (χ2v) is 4.56. The molecule has 0 amide bonds. The SMILES string of the molecule is CCC(C)NCc1cc(Br)ccc1OC.Cl. The molecule has 1 unspecified atom stereocenters. The van der Waals surface area contributed by atoms with E-state index in [2.05, 4.69) is 41.2 Å². The average molecular weight is 309 g/mol. The van der Waals surface area contributed by atoms with Crippen molar-refractivity contribution in [3.8, 4) is 5.75 Å². The summed E-state index contributed by atoms with van der Waals surface area (Å²) in [6, 6.07) is 6.60. The summed E-state index contributed by atoms with van der Waals surface area (Å²) in [6.07, 6.45) is 1.14. The van der Waals surface area contributed by atoms with E-state index in [4.69, 9.17) is 4.74 Å². The van der Waals surface area contributed by atoms with Crippen molar-refractivity contribution in [3.05, 3.63) is 28.2 Å². The molecule has 0 aliphatic carbocycles. The highest BCUT2D eigenvalue weighted by molar-refractivity contribution is 9.10. The molecule has 0 radical (unpaired) electrons. The first kappa shape index (κ1) is 15.8. The summed E-state index contributed by atoms with van der Waals surface area (Å²) in [6.45, 7) is 5.21. The molecular formula is C12H19BrClNO. The largest absolute Gasteiger partial charge is 0.496 e. The van der Waals surface area contributed by atoms with Crippen LogP contribution in [-0.2, 0) is 6.54 Å². The molecule has 4 heteroatoms. The summed E-state index contributed by atoms with van der Waals surface area (Å²) in [7, 11) is 1.70. The van der Waals surface area contributed by atoms with Crippen LogP contribution < -0.4 is 10.1 Å². The molecule has 0 saturated heterocycles. The van der Waals surface area contributed by atoms with Gasteiger partial charge in [0.25, 0.3) is 0 Å². The Kier molecular flexibility index (Phi) is 7.81. The first-order valence-corrected chi connectivity index (χ1v) is 6.02. The molecule has 0 heterocycles. The number of halogens is 2. The van der Waals surface area contributed by atoms with E-state index < -0.39 is 0 Å². The predicted octanol–water partition coefficient (Wildman–Crippen LogP) is 3.77. The van der Waals surface area contributed by atoms with Crippen LogP contribution in [0.25, 0.3) is 0 Å². The lowest BCUT2D eigenvalue weighted by Crippen LogP contribution is -2.24. The summed E-state index contributed by atoms with van der Waals surface area (Å²) < 4.78 is 6.39. The van der Waals surface area contributed by atoms with Crippen LogP contribution in [0.4, 0.5) is 0 Å². The van der Waals surface area contributed by atoms with Gasteiger partial charge in [0.1, 0.15) is 5.75 Å². The number of rotatable bonds is 5. The third kappa shape index (κ3) is 4.73. The average Bonchev–Trinajstić information content (AvgIpc) is 2.26. The summed E-state index contributed by atoms with van der Waals surface area (Å²) in [5.74, 6) is 0.939. The number of hydrogen-bond donors (Lipinski definition) is 1. The van der Waals surface area contributed by atoms with E-state index in [-0.39, 0.29) is 12.4 Å². The monoisotopic (exact) mass is 307 g/mol. The van der Waals surface area contributed by atoms with Gasteiger partial charge in [-0.2, -0.15) is 0 Å². The van der Waals surface area contributed by atoms with Gasteiger partial charge in [0.2, 0.25) is 0 Å². The topological polar surface area (TPSA) is 21.3 Å². The molecule has 0 saturated carbocycles. The quantitative estimate of drug-likeness (QED) is 0.894. The summed E-state index contributed by atoms with van der Waals surface area (Å²) in [4.78, 5) is 0. The van der Waals surface area contributed by atoms with Crippen LogP contribution in [0.3, 0.4) is 0 Å². The third-order valence-corrected chi connectivity index (χ3v) is 2.99. The summed E-state index contributed by atoms with van der Waals surface area (Å²) in [5, 5.41) is 3.45. The highest BCUT2D eigenvalue weighted by Gasteiger charge is 2.04. The van der Waals surface area contributed by atoms with Crippen molar-refractivity contribution in [2.24, 2.45) is 0 Å². The van der Waals surface area contributed by atoms with Gasteiger partial charge in [-0.1, -0.05) is 22.9 Å². The van der Waals surface area contributed by atoms with Crippen LogP contribution in [0.5, 0.6) is 5.75 Å². The molecule has 0 fully saturated rings. The predicted molar refractivity (Wildman–Crippen MR) is 74.5 cm³/mol. The fraction of sp³-hybridized carbons (Fsp3) is 0.500. The molecule has 1 rings (SSSR count). The molecule has 0 aliphatic heterocycles. The van der Waals surface area contributed by atoms with Crippen molar-refractivity contribution in [3.63, 3.8) is 0 Å². The van der Waals surface area contributed by atoms with Crippen molar-refractivity contribution in [2.75, 3.05) is 7.11 Å². The van der Waals surface area contributed by atoms with E-state index in [1.807, 2.05) is 12.1 Å². The molecule has 16 heavy (non-hydrogen) atoms. The van der Waals surface area contributed by atoms with E-state index >= 15 is 0 Å². The molecule has 2 nitrogen and oxygen atoms in total. The number of benzene rings is 1. The number of nitrogens with one attached hydrogen (secondary N) is 1. The molecule has 1 atom stereocenters. The van der Waals surface area contributed by atoms with Crippen molar-refractivity contribution in [1.29, 1.82) is 0 Å². The second kappa shape index (κ2) is 7.93. The van der Waals surface area contributed by atoms with Gasteiger partial charge in [-0.05, 0) is 31.5 Å². The highest BCUT2D eigenvalue weighted by Crippen LogP contribution is 2.22. The molecular weight excluding hydrogens is 289 g/mol. The van der Waals surface area contributed by atoms with Crippen LogP contribution in [0.1, 0.15) is 25.8 Å². The Balaban J connectivity index is 0.00000225. The van der Waals surface area contributed by atoms with Gasteiger partial charge in [0.05, 0.1) is 7.11 Å². The summed E-state index contributed by atoms with van der Waals surface area (Å²) >= 11 is 3.47. The van der Waals surface area contributed by atoms with Gasteiger partial charge in [0.15, 0.2) is 0 Å². The summed E-state index contributed by atoms with van der Waals surface area (Å²) in [5.41, 5.74) is 1.19. The van der Waals surface area contributed by atoms with Crippen LogP contribution in [0.15, 0.2) is 22.7 Å². The lowest BCUT2D eigenvalue weighted by molar-refractivity contribution is 0.405. The third-order valence-electron chi connectivity index (χ3n) is 2.50. The Hall–Kier alpha value is -0.250. The van der Waals surface area contributed by atoms with Gasteiger partial charge in [-0.15, -0.1) is 12.4 Å². The molecule has 1 aromatic carbocycles. The second-order valence-electron chi connectivity index (χ2n) is 3.65. The van der Waals surface area contributed by atoms with E-state index in [1.54, 1.807) is 7.11 Å². The fourth-order valence-electron chi connectivity index (χ4n) is 1.31. The normalized spacial score (nSPS) is 11.8. The van der Waals surface area contributed by atoms with Crippen molar-refractivity contribution < 1.29 is 4.74 Å². The first-order chi connectivity index (χ1) is 7.17. The van der Waals surface area contributed by atoms with E-state index in [1.165, 1.54) is 5.56 Å². The Morgan fingerprint density at radius 2 is 2.12 bits per heavy atom. The number of hydrogen-bond acceptors (Lipinski definition) is 2. The molecule has 1 N–H and O–H groups in total. The number of ether oxygens (including phenoxy) is 1. The minimum Gasteiger partial charge on any atom is -0.496 e. The van der Waals surface area contributed by atoms with Crippen LogP contribution >= 0.6 is 28.3 Å². The van der Waals surface area contributed by atoms with Gasteiger partial charge in [-0.25, -0.2) is 0 Å². The Labute approximate surface area is 112 Å². The van der Waals surface area contributed by atoms with Gasteiger partial charge < -0.3 is 10.1 Å². The molecule has 92 valence electrons. The minimum atomic E-state index is 0. The zero-order valence-electron chi connectivity index (χ0n) is 9.92. The first-order valence-electron chi connectivity index (χ1n) is 5.23. The van der Waals surface area contributed by atoms with Crippen LogP contribution in [0, 0.1) is 0 Å². The smallest absolute Gasteiger partial charge is 0.123 e. The van der Waals surface area contributed by atoms with Crippen LogP contribution in [0.2, 0.25) is 0 Å². The van der Waals surface area contributed by atoms with Crippen molar-refractivity contribution in [1.82, 2.24) is 5.32 Å². The maximum Gasteiger partial charge on any atom is 0.123 e. The maximum absolute atomic E-state index is 5.31. The van der Waals surface area contributed by atoms with Gasteiger partial charge in [0, 0.05) is 22.6 Å². The van der Waals surface area contributed by atoms with E-state index in [0.29, 0.717) is 6.04 Å². The molecule has 0 bridgehead atoms. The number of methoxy groups -OCH3 is 1. The zero-order chi connectivity index (χ0) is 11.3. The van der Waals surface area contributed by atoms with Crippen molar-refractivity contribution >= 4 is 28.3 Å². The highest BCUT2D eigenvalue weighted by atomic mass is 79.9. The van der Waals surface area contributed by atoms with Crippen LogP contribution in [-0.4, -0.2) is 13.2 Å². The lowest BCUT2D eigenvalue weighted by Gasteiger charge is -2.13. The Bertz CT molecular complexity index is 320. The molecule has 0 aromatic heterocycles. The van der Waals surface area contributed by atoms with Crippen molar-refractivity contribution in [2.45, 2.75) is 32.9 Å². The fourth-order valence-corrected chi connectivity index (χ4v) is 1.72. The van der Waals surface area contributed by atoms with Gasteiger partial charge in [-0.3, -0.25) is 0 Å². The molecule has 0 spiro atoms. The Morgan fingerprint density at radius 3 is 2.69 bits per heavy atom. The maximum atomic E-state index is 5.31.